The van der Waals surface area contributed by atoms with Crippen LogP contribution in [-0.4, -0.2) is 62.7 Å². The summed E-state index contributed by atoms with van der Waals surface area (Å²) in [5, 5.41) is 49.0. The van der Waals surface area contributed by atoms with E-state index in [1.54, 1.807) is 6.07 Å². The number of hydrogen-bond acceptors (Lipinski definition) is 8. The van der Waals surface area contributed by atoms with Gasteiger partial charge in [-0.1, -0.05) is 12.1 Å². The lowest BCUT2D eigenvalue weighted by atomic mass is 9.99. The van der Waals surface area contributed by atoms with Gasteiger partial charge in [-0.05, 0) is 6.07 Å². The van der Waals surface area contributed by atoms with Crippen molar-refractivity contribution in [2.24, 2.45) is 0 Å². The zero-order valence-corrected chi connectivity index (χ0v) is 11.5. The maximum absolute atomic E-state index is 10.9. The van der Waals surface area contributed by atoms with Crippen LogP contribution < -0.4 is 0 Å². The first kappa shape index (κ1) is 16.7. The van der Waals surface area contributed by atoms with Crippen molar-refractivity contribution >= 4 is 5.69 Å². The summed E-state index contributed by atoms with van der Waals surface area (Å²) in [4.78, 5) is 10.3. The fourth-order valence-electron chi connectivity index (χ4n) is 2.19. The average Bonchev–Trinajstić information content (AvgIpc) is 2.52. The third-order valence-corrected chi connectivity index (χ3v) is 3.44. The minimum absolute atomic E-state index is 0.146. The molecule has 2 rings (SSSR count). The summed E-state index contributed by atoms with van der Waals surface area (Å²) in [6.45, 7) is -0.809. The van der Waals surface area contributed by atoms with Gasteiger partial charge in [0.15, 0.2) is 6.29 Å². The number of aliphatic hydroxyl groups is 4. The molecule has 0 amide bonds. The van der Waals surface area contributed by atoms with Crippen LogP contribution in [0.5, 0.6) is 0 Å². The van der Waals surface area contributed by atoms with Crippen molar-refractivity contribution in [3.8, 4) is 0 Å². The molecule has 1 aliphatic rings. The van der Waals surface area contributed by atoms with Crippen LogP contribution in [0, 0.1) is 10.1 Å². The second kappa shape index (κ2) is 7.09. The number of nitrogens with zero attached hydrogens (tertiary/aromatic N) is 1. The van der Waals surface area contributed by atoms with Crippen LogP contribution in [0.3, 0.4) is 0 Å². The smallest absolute Gasteiger partial charge is 0.274 e. The molecule has 5 atom stereocenters. The Balaban J connectivity index is 2.06. The number of nitro groups is 1. The quantitative estimate of drug-likeness (QED) is 0.396. The average molecular weight is 315 g/mol. The Hall–Kier alpha value is -1.62. The van der Waals surface area contributed by atoms with E-state index >= 15 is 0 Å². The molecule has 4 N–H and O–H groups in total. The van der Waals surface area contributed by atoms with Crippen LogP contribution in [0.2, 0.25) is 0 Å². The highest BCUT2D eigenvalue weighted by atomic mass is 16.7. The lowest BCUT2D eigenvalue weighted by molar-refractivity contribution is -0.386. The van der Waals surface area contributed by atoms with Gasteiger partial charge in [-0.15, -0.1) is 0 Å². The monoisotopic (exact) mass is 315 g/mol. The van der Waals surface area contributed by atoms with E-state index in [4.69, 9.17) is 14.6 Å². The van der Waals surface area contributed by atoms with Gasteiger partial charge in [0.2, 0.25) is 0 Å². The van der Waals surface area contributed by atoms with Gasteiger partial charge in [0, 0.05) is 6.07 Å². The topological polar surface area (TPSA) is 143 Å². The van der Waals surface area contributed by atoms with Gasteiger partial charge in [0.25, 0.3) is 5.69 Å². The lowest BCUT2D eigenvalue weighted by Gasteiger charge is -2.39. The molecule has 1 saturated heterocycles. The van der Waals surface area contributed by atoms with E-state index in [0.29, 0.717) is 0 Å². The van der Waals surface area contributed by atoms with Crippen LogP contribution in [0.1, 0.15) is 5.56 Å². The van der Waals surface area contributed by atoms with Gasteiger partial charge >= 0.3 is 0 Å². The van der Waals surface area contributed by atoms with Crippen molar-refractivity contribution in [1.29, 1.82) is 0 Å². The van der Waals surface area contributed by atoms with Gasteiger partial charge in [-0.2, -0.15) is 0 Å². The van der Waals surface area contributed by atoms with Gasteiger partial charge in [0.1, 0.15) is 24.4 Å². The summed E-state index contributed by atoms with van der Waals surface area (Å²) >= 11 is 0. The molecular formula is C13H17NO8. The summed E-state index contributed by atoms with van der Waals surface area (Å²) in [6, 6.07) is 5.91. The minimum Gasteiger partial charge on any atom is -0.394 e. The molecule has 1 heterocycles. The fourth-order valence-corrected chi connectivity index (χ4v) is 2.19. The minimum atomic E-state index is -1.55. The Morgan fingerprint density at radius 3 is 2.50 bits per heavy atom. The summed E-state index contributed by atoms with van der Waals surface area (Å²) < 4.78 is 10.4. The number of ether oxygens (including phenoxy) is 2. The molecule has 122 valence electrons. The van der Waals surface area contributed by atoms with Gasteiger partial charge in [-0.3, -0.25) is 10.1 Å². The number of rotatable bonds is 5. The fraction of sp³-hybridized carbons (Fsp3) is 0.538. The highest BCUT2D eigenvalue weighted by molar-refractivity contribution is 5.39. The molecule has 0 aliphatic carbocycles. The van der Waals surface area contributed by atoms with Crippen molar-refractivity contribution in [1.82, 2.24) is 0 Å². The molecular weight excluding hydrogens is 298 g/mol. The van der Waals surface area contributed by atoms with Crippen LogP contribution in [0.25, 0.3) is 0 Å². The number of para-hydroxylation sites is 1. The highest BCUT2D eigenvalue weighted by Crippen LogP contribution is 2.24. The zero-order chi connectivity index (χ0) is 16.3. The lowest BCUT2D eigenvalue weighted by Crippen LogP contribution is -2.59. The second-order valence-electron chi connectivity index (χ2n) is 4.89. The van der Waals surface area contributed by atoms with E-state index in [9.17, 15) is 25.4 Å². The van der Waals surface area contributed by atoms with E-state index in [1.165, 1.54) is 18.2 Å². The molecule has 0 radical (unpaired) electrons. The summed E-state index contributed by atoms with van der Waals surface area (Å²) in [5.74, 6) is 0. The Bertz CT molecular complexity index is 523. The van der Waals surface area contributed by atoms with E-state index in [-0.39, 0.29) is 17.9 Å². The molecule has 1 fully saturated rings. The van der Waals surface area contributed by atoms with Crippen molar-refractivity contribution < 1.29 is 34.8 Å². The van der Waals surface area contributed by atoms with Crippen molar-refractivity contribution in [2.75, 3.05) is 6.61 Å². The number of nitro benzene ring substituents is 1. The number of benzene rings is 1. The first-order valence-electron chi connectivity index (χ1n) is 6.60. The molecule has 9 nitrogen and oxygen atoms in total. The second-order valence-corrected chi connectivity index (χ2v) is 4.89. The van der Waals surface area contributed by atoms with Crippen LogP contribution in [0.15, 0.2) is 24.3 Å². The van der Waals surface area contributed by atoms with Crippen LogP contribution >= 0.6 is 0 Å². The maximum Gasteiger partial charge on any atom is 0.274 e. The standard InChI is InChI=1S/C13H17NO8/c15-5-9-10(16)11(17)12(18)13(22-9)21-6-7-3-1-2-4-8(7)14(19)20/h1-4,9-13,15-18H,5-6H2/t9-,10+,11+,12-,13+/m1/s1. The molecule has 0 spiro atoms. The van der Waals surface area contributed by atoms with Gasteiger partial charge in [0.05, 0.1) is 23.7 Å². The molecule has 9 heteroatoms. The Morgan fingerprint density at radius 1 is 1.18 bits per heavy atom. The molecule has 0 aromatic heterocycles. The zero-order valence-electron chi connectivity index (χ0n) is 11.5. The molecule has 1 aliphatic heterocycles. The van der Waals surface area contributed by atoms with Gasteiger partial charge in [-0.25, -0.2) is 0 Å². The van der Waals surface area contributed by atoms with Crippen LogP contribution in [-0.2, 0) is 16.1 Å². The van der Waals surface area contributed by atoms with Crippen molar-refractivity contribution in [2.45, 2.75) is 37.3 Å². The summed E-state index contributed by atoms with van der Waals surface area (Å²) in [7, 11) is 0. The molecule has 0 unspecified atom stereocenters. The van der Waals surface area contributed by atoms with Crippen molar-refractivity contribution in [3.05, 3.63) is 39.9 Å². The van der Waals surface area contributed by atoms with Crippen LogP contribution in [0.4, 0.5) is 5.69 Å². The van der Waals surface area contributed by atoms with E-state index in [1.807, 2.05) is 0 Å². The highest BCUT2D eigenvalue weighted by Gasteiger charge is 2.44. The predicted molar refractivity (Wildman–Crippen MR) is 71.7 cm³/mol. The molecule has 1 aromatic carbocycles. The third kappa shape index (κ3) is 3.40. The van der Waals surface area contributed by atoms with E-state index in [2.05, 4.69) is 0 Å². The Morgan fingerprint density at radius 2 is 1.86 bits per heavy atom. The summed E-state index contributed by atoms with van der Waals surface area (Å²) in [6.07, 6.45) is -6.99. The van der Waals surface area contributed by atoms with Crippen molar-refractivity contribution in [3.63, 3.8) is 0 Å². The first-order valence-corrected chi connectivity index (χ1v) is 6.60. The third-order valence-electron chi connectivity index (χ3n) is 3.44. The van der Waals surface area contributed by atoms with E-state index < -0.39 is 42.2 Å². The van der Waals surface area contributed by atoms with E-state index in [0.717, 1.165) is 0 Å². The summed E-state index contributed by atoms with van der Waals surface area (Å²) in [5.41, 5.74) is 0.122. The Kier molecular flexibility index (Phi) is 5.40. The molecule has 22 heavy (non-hydrogen) atoms. The predicted octanol–water partition coefficient (Wildman–Crippen LogP) is -1.09. The SMILES string of the molecule is O=[N+]([O-])c1ccccc1CO[C@H]1O[C@H](CO)[C@H](O)[C@H](O)[C@H]1O. The van der Waals surface area contributed by atoms with Gasteiger partial charge < -0.3 is 29.9 Å². The molecule has 1 aromatic rings. The first-order chi connectivity index (χ1) is 10.5. The molecule has 0 bridgehead atoms. The largest absolute Gasteiger partial charge is 0.394 e. The number of hydrogen-bond donors (Lipinski definition) is 4. The number of aliphatic hydroxyl groups excluding tert-OH is 4. The Labute approximate surface area is 125 Å². The normalized spacial score (nSPS) is 31.9. The maximum atomic E-state index is 10.9. The molecule has 0 saturated carbocycles.